The van der Waals surface area contributed by atoms with Crippen molar-refractivity contribution in [2.75, 3.05) is 31.1 Å². The van der Waals surface area contributed by atoms with Crippen LogP contribution in [-0.4, -0.2) is 68.8 Å². The number of nitrogens with zero attached hydrogens (tertiary/aromatic N) is 8. The number of sulfonamides is 1. The molecule has 0 atom stereocenters. The van der Waals surface area contributed by atoms with Crippen LogP contribution in [0.15, 0.2) is 60.0 Å². The second-order valence-electron chi connectivity index (χ2n) is 6.93. The van der Waals surface area contributed by atoms with E-state index in [4.69, 9.17) is 11.6 Å². The highest BCUT2D eigenvalue weighted by atomic mass is 35.5. The van der Waals surface area contributed by atoms with Gasteiger partial charge in [0.1, 0.15) is 11.2 Å². The maximum Gasteiger partial charge on any atom is 0.244 e. The zero-order valence-electron chi connectivity index (χ0n) is 16.2. The van der Waals surface area contributed by atoms with E-state index in [9.17, 15) is 8.42 Å². The second kappa shape index (κ2) is 7.84. The van der Waals surface area contributed by atoms with Crippen LogP contribution in [0, 0.1) is 0 Å². The first kappa shape index (κ1) is 19.8. The van der Waals surface area contributed by atoms with Crippen LogP contribution in [0.1, 0.15) is 0 Å². The van der Waals surface area contributed by atoms with Crippen molar-refractivity contribution in [1.82, 2.24) is 34.3 Å². The smallest absolute Gasteiger partial charge is 0.244 e. The molecule has 4 heterocycles. The van der Waals surface area contributed by atoms with E-state index in [0.29, 0.717) is 48.2 Å². The van der Waals surface area contributed by atoms with Gasteiger partial charge in [0.05, 0.1) is 5.69 Å². The first-order valence-corrected chi connectivity index (χ1v) is 11.3. The Balaban J connectivity index is 1.40. The molecule has 0 saturated carbocycles. The van der Waals surface area contributed by atoms with Crippen molar-refractivity contribution in [3.05, 3.63) is 60.1 Å². The van der Waals surface area contributed by atoms with E-state index in [1.54, 1.807) is 35.1 Å². The van der Waals surface area contributed by atoms with Crippen LogP contribution in [-0.2, 0) is 10.0 Å². The molecule has 1 fully saturated rings. The SMILES string of the molecule is O=S(=O)(c1cccnc1)N1CCN(c2ncnc3c2nnn3-c2ccc(Cl)cc2)CC1. The molecule has 10 nitrogen and oxygen atoms in total. The van der Waals surface area contributed by atoms with Gasteiger partial charge in [0, 0.05) is 43.6 Å². The van der Waals surface area contributed by atoms with E-state index in [1.807, 2.05) is 17.0 Å². The average Bonchev–Trinajstić information content (AvgIpc) is 3.25. The normalized spacial score (nSPS) is 15.5. The van der Waals surface area contributed by atoms with Gasteiger partial charge in [0.2, 0.25) is 10.0 Å². The minimum absolute atomic E-state index is 0.193. The average molecular weight is 457 g/mol. The molecule has 3 aromatic heterocycles. The largest absolute Gasteiger partial charge is 0.352 e. The van der Waals surface area contributed by atoms with Gasteiger partial charge < -0.3 is 4.90 Å². The molecule has 0 N–H and O–H groups in total. The van der Waals surface area contributed by atoms with Gasteiger partial charge in [0.15, 0.2) is 17.0 Å². The van der Waals surface area contributed by atoms with E-state index in [0.717, 1.165) is 5.69 Å². The lowest BCUT2D eigenvalue weighted by Gasteiger charge is -2.34. The van der Waals surface area contributed by atoms with E-state index >= 15 is 0 Å². The third kappa shape index (κ3) is 3.60. The highest BCUT2D eigenvalue weighted by molar-refractivity contribution is 7.89. The molecule has 5 rings (SSSR count). The van der Waals surface area contributed by atoms with E-state index in [1.165, 1.54) is 16.8 Å². The summed E-state index contributed by atoms with van der Waals surface area (Å²) in [4.78, 5) is 14.9. The number of pyridine rings is 1. The van der Waals surface area contributed by atoms with Crippen molar-refractivity contribution in [1.29, 1.82) is 0 Å². The summed E-state index contributed by atoms with van der Waals surface area (Å²) < 4.78 is 28.8. The van der Waals surface area contributed by atoms with Crippen LogP contribution in [0.3, 0.4) is 0 Å². The zero-order chi connectivity index (χ0) is 21.4. The Morgan fingerprint density at radius 2 is 1.74 bits per heavy atom. The minimum Gasteiger partial charge on any atom is -0.352 e. The Hall–Kier alpha value is -3.15. The number of hydrogen-bond acceptors (Lipinski definition) is 8. The van der Waals surface area contributed by atoms with Gasteiger partial charge in [-0.3, -0.25) is 4.98 Å². The number of aromatic nitrogens is 6. The maximum absolute atomic E-state index is 12.8. The number of rotatable bonds is 4. The van der Waals surface area contributed by atoms with Crippen molar-refractivity contribution in [2.45, 2.75) is 4.90 Å². The van der Waals surface area contributed by atoms with E-state index < -0.39 is 10.0 Å². The minimum atomic E-state index is -3.58. The maximum atomic E-state index is 12.8. The first-order valence-electron chi connectivity index (χ1n) is 9.51. The number of fused-ring (bicyclic) bond motifs is 1. The topological polar surface area (TPSA) is 110 Å². The molecule has 31 heavy (non-hydrogen) atoms. The van der Waals surface area contributed by atoms with E-state index in [2.05, 4.69) is 25.3 Å². The predicted molar refractivity (Wildman–Crippen MR) is 115 cm³/mol. The molecule has 4 aromatic rings. The number of anilines is 1. The summed E-state index contributed by atoms with van der Waals surface area (Å²) in [7, 11) is -3.58. The molecule has 12 heteroatoms. The molecule has 158 valence electrons. The second-order valence-corrected chi connectivity index (χ2v) is 9.30. The molecule has 1 aliphatic rings. The molecule has 1 aromatic carbocycles. The molecular weight excluding hydrogens is 440 g/mol. The first-order chi connectivity index (χ1) is 15.0. The van der Waals surface area contributed by atoms with Crippen molar-refractivity contribution in [3.63, 3.8) is 0 Å². The van der Waals surface area contributed by atoms with Gasteiger partial charge in [-0.15, -0.1) is 5.10 Å². The third-order valence-electron chi connectivity index (χ3n) is 5.10. The molecular formula is C19H17ClN8O2S. The molecule has 0 bridgehead atoms. The van der Waals surface area contributed by atoms with Gasteiger partial charge in [-0.1, -0.05) is 16.8 Å². The highest BCUT2D eigenvalue weighted by Crippen LogP contribution is 2.25. The van der Waals surface area contributed by atoms with Crippen LogP contribution in [0.4, 0.5) is 5.82 Å². The Labute approximate surface area is 183 Å². The summed E-state index contributed by atoms with van der Waals surface area (Å²) in [6.07, 6.45) is 4.38. The highest BCUT2D eigenvalue weighted by Gasteiger charge is 2.30. The summed E-state index contributed by atoms with van der Waals surface area (Å²) in [5.41, 5.74) is 1.91. The standard InChI is InChI=1S/C19H17ClN8O2S/c20-14-3-5-15(6-4-14)28-19-17(24-25-28)18(22-13-23-19)26-8-10-27(11-9-26)31(29,30)16-2-1-7-21-12-16/h1-7,12-13H,8-11H2. The summed E-state index contributed by atoms with van der Waals surface area (Å²) >= 11 is 5.97. The van der Waals surface area contributed by atoms with Crippen molar-refractivity contribution < 1.29 is 8.42 Å². The van der Waals surface area contributed by atoms with Crippen molar-refractivity contribution in [3.8, 4) is 5.69 Å². The lowest BCUT2D eigenvalue weighted by atomic mass is 10.3. The Morgan fingerprint density at radius 3 is 2.45 bits per heavy atom. The number of piperazine rings is 1. The molecule has 0 radical (unpaired) electrons. The predicted octanol–water partition coefficient (Wildman–Crippen LogP) is 1.77. The van der Waals surface area contributed by atoms with Crippen molar-refractivity contribution >= 4 is 38.6 Å². The summed E-state index contributed by atoms with van der Waals surface area (Å²) in [6, 6.07) is 10.4. The molecule has 0 spiro atoms. The number of hydrogen-bond donors (Lipinski definition) is 0. The Bertz CT molecular complexity index is 1320. The van der Waals surface area contributed by atoms with Gasteiger partial charge in [0.25, 0.3) is 0 Å². The Kier molecular flexibility index (Phi) is 5.00. The number of benzene rings is 1. The lowest BCUT2D eigenvalue weighted by Crippen LogP contribution is -2.49. The quantitative estimate of drug-likeness (QED) is 0.457. The fourth-order valence-corrected chi connectivity index (χ4v) is 5.03. The fraction of sp³-hybridized carbons (Fsp3) is 0.211. The van der Waals surface area contributed by atoms with Crippen LogP contribution in [0.5, 0.6) is 0 Å². The molecule has 0 aliphatic carbocycles. The molecule has 0 amide bonds. The Morgan fingerprint density at radius 1 is 0.968 bits per heavy atom. The summed E-state index contributed by atoms with van der Waals surface area (Å²) in [6.45, 7) is 1.60. The molecule has 1 aliphatic heterocycles. The molecule has 1 saturated heterocycles. The van der Waals surface area contributed by atoms with Crippen LogP contribution < -0.4 is 4.90 Å². The van der Waals surface area contributed by atoms with E-state index in [-0.39, 0.29) is 4.90 Å². The summed E-state index contributed by atoms with van der Waals surface area (Å²) in [5.74, 6) is 0.628. The van der Waals surface area contributed by atoms with Gasteiger partial charge in [-0.2, -0.15) is 8.99 Å². The molecule has 0 unspecified atom stereocenters. The van der Waals surface area contributed by atoms with Crippen molar-refractivity contribution in [2.24, 2.45) is 0 Å². The van der Waals surface area contributed by atoms with Crippen LogP contribution in [0.2, 0.25) is 5.02 Å². The van der Waals surface area contributed by atoms with Crippen LogP contribution in [0.25, 0.3) is 16.9 Å². The third-order valence-corrected chi connectivity index (χ3v) is 7.23. The van der Waals surface area contributed by atoms with Gasteiger partial charge in [-0.25, -0.2) is 18.4 Å². The van der Waals surface area contributed by atoms with Gasteiger partial charge in [-0.05, 0) is 36.4 Å². The van der Waals surface area contributed by atoms with Crippen LogP contribution >= 0.6 is 11.6 Å². The van der Waals surface area contributed by atoms with Gasteiger partial charge >= 0.3 is 0 Å². The lowest BCUT2D eigenvalue weighted by molar-refractivity contribution is 0.384. The summed E-state index contributed by atoms with van der Waals surface area (Å²) in [5, 5.41) is 9.13. The number of halogens is 1. The monoisotopic (exact) mass is 456 g/mol. The zero-order valence-corrected chi connectivity index (χ0v) is 17.8. The fourth-order valence-electron chi connectivity index (χ4n) is 3.51.